The van der Waals surface area contributed by atoms with Gasteiger partial charge in [0.25, 0.3) is 0 Å². The zero-order valence-electron chi connectivity index (χ0n) is 21.3. The van der Waals surface area contributed by atoms with E-state index >= 15 is 0 Å². The van der Waals surface area contributed by atoms with Gasteiger partial charge in [-0.2, -0.15) is 0 Å². The van der Waals surface area contributed by atoms with Crippen LogP contribution in [0, 0.1) is 5.41 Å². The van der Waals surface area contributed by atoms with Gasteiger partial charge in [0, 0.05) is 31.5 Å². The van der Waals surface area contributed by atoms with Crippen molar-refractivity contribution < 1.29 is 14.3 Å². The van der Waals surface area contributed by atoms with Crippen LogP contribution in [0.2, 0.25) is 0 Å². The van der Waals surface area contributed by atoms with Crippen LogP contribution in [-0.4, -0.2) is 33.1 Å². The third-order valence-electron chi connectivity index (χ3n) is 7.01. The zero-order chi connectivity index (χ0) is 25.5. The highest BCUT2D eigenvalue weighted by Crippen LogP contribution is 2.42. The molecule has 0 saturated heterocycles. The highest BCUT2D eigenvalue weighted by Gasteiger charge is 2.41. The van der Waals surface area contributed by atoms with Crippen molar-refractivity contribution in [2.75, 3.05) is 31.4 Å². The van der Waals surface area contributed by atoms with E-state index < -0.39 is 11.4 Å². The Kier molecular flexibility index (Phi) is 7.89. The maximum Gasteiger partial charge on any atom is 0.330 e. The van der Waals surface area contributed by atoms with Crippen molar-refractivity contribution >= 4 is 29.3 Å². The first-order chi connectivity index (χ1) is 17.4. The summed E-state index contributed by atoms with van der Waals surface area (Å²) >= 11 is 0. The predicted molar refractivity (Wildman–Crippen MR) is 147 cm³/mol. The Morgan fingerprint density at radius 3 is 2.19 bits per heavy atom. The number of methoxy groups -OCH3 is 1. The summed E-state index contributed by atoms with van der Waals surface area (Å²) < 4.78 is 4.65. The number of esters is 1. The van der Waals surface area contributed by atoms with E-state index in [-0.39, 0.29) is 5.91 Å². The normalized spacial score (nSPS) is 14.5. The Bertz CT molecular complexity index is 1220. The second-order valence-corrected chi connectivity index (χ2v) is 9.74. The van der Waals surface area contributed by atoms with E-state index in [4.69, 9.17) is 0 Å². The minimum Gasteiger partial charge on any atom is -0.466 e. The Hall–Kier alpha value is -3.86. The van der Waals surface area contributed by atoms with E-state index in [2.05, 4.69) is 63.5 Å². The second kappa shape index (κ2) is 11.3. The first-order valence-corrected chi connectivity index (χ1v) is 12.4. The number of carbonyl (C=O) groups is 2. The molecule has 0 atom stereocenters. The van der Waals surface area contributed by atoms with Crippen LogP contribution in [0.3, 0.4) is 0 Å². The SMILES string of the molecule is COC(=O)/C=C/c1cccc(NC(=O)C2(Cc3ccc(-c4ccc(N(C)C)cc4)cc3)CCCC2)c1. The molecule has 1 saturated carbocycles. The minimum atomic E-state index is -0.411. The summed E-state index contributed by atoms with van der Waals surface area (Å²) in [5, 5.41) is 3.15. The van der Waals surface area contributed by atoms with Crippen LogP contribution < -0.4 is 10.2 Å². The van der Waals surface area contributed by atoms with Crippen LogP contribution in [0.25, 0.3) is 17.2 Å². The first kappa shape index (κ1) is 25.2. The molecule has 0 heterocycles. The van der Waals surface area contributed by atoms with Crippen molar-refractivity contribution in [1.29, 1.82) is 0 Å². The molecule has 3 aromatic rings. The van der Waals surface area contributed by atoms with Gasteiger partial charge >= 0.3 is 5.97 Å². The molecule has 186 valence electrons. The van der Waals surface area contributed by atoms with Gasteiger partial charge in [0.2, 0.25) is 5.91 Å². The summed E-state index contributed by atoms with van der Waals surface area (Å²) in [7, 11) is 5.43. The van der Waals surface area contributed by atoms with Gasteiger partial charge in [-0.15, -0.1) is 0 Å². The van der Waals surface area contributed by atoms with Gasteiger partial charge in [-0.05, 0) is 71.9 Å². The summed E-state index contributed by atoms with van der Waals surface area (Å²) in [6, 6.07) is 24.7. The molecule has 3 aromatic carbocycles. The summed E-state index contributed by atoms with van der Waals surface area (Å²) in [5.74, 6) is -0.344. The van der Waals surface area contributed by atoms with E-state index in [0.717, 1.165) is 43.4 Å². The molecule has 5 nitrogen and oxygen atoms in total. The second-order valence-electron chi connectivity index (χ2n) is 9.74. The van der Waals surface area contributed by atoms with Crippen LogP contribution >= 0.6 is 0 Å². The van der Waals surface area contributed by atoms with Crippen LogP contribution in [0.1, 0.15) is 36.8 Å². The van der Waals surface area contributed by atoms with E-state index in [0.29, 0.717) is 0 Å². The minimum absolute atomic E-state index is 0.0671. The number of ether oxygens (including phenoxy) is 1. The van der Waals surface area contributed by atoms with Crippen LogP contribution in [0.15, 0.2) is 78.9 Å². The molecule has 0 spiro atoms. The molecule has 0 unspecified atom stereocenters. The number of nitrogens with zero attached hydrogens (tertiary/aromatic N) is 1. The summed E-state index contributed by atoms with van der Waals surface area (Å²) in [6.45, 7) is 0. The standard InChI is InChI=1S/C31H34N2O3/c1-33(2)28-16-14-26(15-17-28)25-12-9-24(10-13-25)22-31(19-4-5-20-31)30(35)32-27-8-6-7-23(21-27)11-18-29(34)36-3/h6-18,21H,4-5,19-20,22H2,1-3H3,(H,32,35)/b18-11+. The van der Waals surface area contributed by atoms with Crippen molar-refractivity contribution in [3.05, 3.63) is 90.0 Å². The van der Waals surface area contributed by atoms with Gasteiger partial charge in [-0.1, -0.05) is 61.4 Å². The van der Waals surface area contributed by atoms with Gasteiger partial charge in [0.1, 0.15) is 0 Å². The number of benzene rings is 3. The molecule has 1 N–H and O–H groups in total. The van der Waals surface area contributed by atoms with Crippen LogP contribution in [0.5, 0.6) is 0 Å². The molecular formula is C31H34N2O3. The molecule has 1 amide bonds. The number of nitrogens with one attached hydrogen (secondary N) is 1. The third kappa shape index (κ3) is 6.03. The smallest absolute Gasteiger partial charge is 0.330 e. The Morgan fingerprint density at radius 1 is 0.944 bits per heavy atom. The molecule has 0 radical (unpaired) electrons. The fourth-order valence-electron chi connectivity index (χ4n) is 4.91. The fourth-order valence-corrected chi connectivity index (χ4v) is 4.91. The molecular weight excluding hydrogens is 448 g/mol. The molecule has 5 heteroatoms. The molecule has 4 rings (SSSR count). The topological polar surface area (TPSA) is 58.6 Å². The van der Waals surface area contributed by atoms with E-state index in [1.54, 1.807) is 6.08 Å². The largest absolute Gasteiger partial charge is 0.466 e. The van der Waals surface area contributed by atoms with Gasteiger partial charge in [0.15, 0.2) is 0 Å². The van der Waals surface area contributed by atoms with Gasteiger partial charge < -0.3 is 15.0 Å². The summed E-state index contributed by atoms with van der Waals surface area (Å²) in [6.07, 6.45) is 7.67. The molecule has 0 aromatic heterocycles. The lowest BCUT2D eigenvalue weighted by Gasteiger charge is -2.28. The highest BCUT2D eigenvalue weighted by molar-refractivity contribution is 5.96. The van der Waals surface area contributed by atoms with E-state index in [1.165, 1.54) is 35.6 Å². The summed E-state index contributed by atoms with van der Waals surface area (Å²) in [5.41, 5.74) is 5.85. The van der Waals surface area contributed by atoms with Crippen molar-refractivity contribution in [2.24, 2.45) is 5.41 Å². The lowest BCUT2D eigenvalue weighted by atomic mass is 9.78. The number of anilines is 2. The lowest BCUT2D eigenvalue weighted by Crippen LogP contribution is -2.35. The van der Waals surface area contributed by atoms with Crippen molar-refractivity contribution in [3.63, 3.8) is 0 Å². The Balaban J connectivity index is 1.47. The van der Waals surface area contributed by atoms with E-state index in [1.807, 2.05) is 38.4 Å². The molecule has 0 bridgehead atoms. The van der Waals surface area contributed by atoms with Crippen molar-refractivity contribution in [3.8, 4) is 11.1 Å². The molecule has 1 aliphatic carbocycles. The number of rotatable bonds is 8. The average molecular weight is 483 g/mol. The van der Waals surface area contributed by atoms with Gasteiger partial charge in [-0.3, -0.25) is 4.79 Å². The molecule has 1 fully saturated rings. The number of amides is 1. The number of carbonyl (C=O) groups excluding carboxylic acids is 2. The molecule has 36 heavy (non-hydrogen) atoms. The first-order valence-electron chi connectivity index (χ1n) is 12.4. The third-order valence-corrected chi connectivity index (χ3v) is 7.01. The molecule has 1 aliphatic rings. The zero-order valence-corrected chi connectivity index (χ0v) is 21.3. The number of hydrogen-bond donors (Lipinski definition) is 1. The van der Waals surface area contributed by atoms with Gasteiger partial charge in [-0.25, -0.2) is 4.79 Å². The average Bonchev–Trinajstić information content (AvgIpc) is 3.38. The Labute approximate surface area is 213 Å². The number of hydrogen-bond acceptors (Lipinski definition) is 4. The van der Waals surface area contributed by atoms with Crippen molar-refractivity contribution in [1.82, 2.24) is 0 Å². The van der Waals surface area contributed by atoms with Crippen LogP contribution in [0.4, 0.5) is 11.4 Å². The monoisotopic (exact) mass is 482 g/mol. The maximum absolute atomic E-state index is 13.5. The van der Waals surface area contributed by atoms with Crippen molar-refractivity contribution in [2.45, 2.75) is 32.1 Å². The molecule has 0 aliphatic heterocycles. The quantitative estimate of drug-likeness (QED) is 0.300. The highest BCUT2D eigenvalue weighted by atomic mass is 16.5. The summed E-state index contributed by atoms with van der Waals surface area (Å²) in [4.78, 5) is 27.0. The fraction of sp³-hybridized carbons (Fsp3) is 0.290. The van der Waals surface area contributed by atoms with E-state index in [9.17, 15) is 9.59 Å². The van der Waals surface area contributed by atoms with Gasteiger partial charge in [0.05, 0.1) is 12.5 Å². The predicted octanol–water partition coefficient (Wildman–Crippen LogP) is 6.35. The van der Waals surface area contributed by atoms with Crippen LogP contribution in [-0.2, 0) is 20.7 Å². The Morgan fingerprint density at radius 2 is 1.58 bits per heavy atom. The lowest BCUT2D eigenvalue weighted by molar-refractivity contribution is -0.134. The maximum atomic E-state index is 13.5.